The Bertz CT molecular complexity index is 712. The molecule has 94 valence electrons. The quantitative estimate of drug-likeness (QED) is 0.655. The highest BCUT2D eigenvalue weighted by atomic mass is 15.1. The van der Waals surface area contributed by atoms with Crippen LogP contribution < -0.4 is 10.6 Å². The molecule has 3 N–H and O–H groups in total. The van der Waals surface area contributed by atoms with E-state index in [0.29, 0.717) is 0 Å². The summed E-state index contributed by atoms with van der Waals surface area (Å²) in [6.45, 7) is 1.92. The molecule has 0 radical (unpaired) electrons. The maximum absolute atomic E-state index is 4.52. The molecule has 0 bridgehead atoms. The molecule has 0 saturated carbocycles. The molecule has 0 atom stereocenters. The van der Waals surface area contributed by atoms with Crippen LogP contribution >= 0.6 is 0 Å². The predicted molar refractivity (Wildman–Crippen MR) is 76.4 cm³/mol. The van der Waals surface area contributed by atoms with Crippen molar-refractivity contribution in [1.29, 1.82) is 0 Å². The smallest absolute Gasteiger partial charge is 0.205 e. The Morgan fingerprint density at radius 2 is 1.89 bits per heavy atom. The minimum Gasteiger partial charge on any atom is -0.326 e. The molecule has 0 spiro atoms. The maximum Gasteiger partial charge on any atom is 0.205 e. The van der Waals surface area contributed by atoms with Gasteiger partial charge in [-0.25, -0.2) is 4.98 Å². The number of anilines is 2. The summed E-state index contributed by atoms with van der Waals surface area (Å²) < 4.78 is 0. The fourth-order valence-corrected chi connectivity index (χ4v) is 2.52. The summed E-state index contributed by atoms with van der Waals surface area (Å²) >= 11 is 0. The van der Waals surface area contributed by atoms with Gasteiger partial charge in [0.15, 0.2) is 0 Å². The van der Waals surface area contributed by atoms with E-state index >= 15 is 0 Å². The number of imidazole rings is 1. The summed E-state index contributed by atoms with van der Waals surface area (Å²) in [5, 5.41) is 6.68. The third-order valence-electron chi connectivity index (χ3n) is 3.49. The third kappa shape index (κ3) is 1.86. The molecule has 0 amide bonds. The van der Waals surface area contributed by atoms with Crippen molar-refractivity contribution in [2.75, 3.05) is 5.32 Å². The van der Waals surface area contributed by atoms with E-state index in [1.54, 1.807) is 0 Å². The zero-order chi connectivity index (χ0) is 12.7. The van der Waals surface area contributed by atoms with Gasteiger partial charge in [-0.2, -0.15) is 0 Å². The minimum absolute atomic E-state index is 0.784. The van der Waals surface area contributed by atoms with Crippen LogP contribution in [0.4, 0.5) is 11.6 Å². The highest BCUT2D eigenvalue weighted by Crippen LogP contribution is 2.23. The second kappa shape index (κ2) is 4.10. The van der Waals surface area contributed by atoms with E-state index < -0.39 is 0 Å². The number of rotatable bonds is 2. The zero-order valence-corrected chi connectivity index (χ0v) is 10.4. The standard InChI is InChI=1S/C15H14N4/c1-2-4-14-13(3-1)18-15(19-14)17-12-6-5-10-8-16-9-11(10)7-12/h1-7,16H,8-9H2,(H2,17,18,19). The highest BCUT2D eigenvalue weighted by Gasteiger charge is 2.10. The number of nitrogens with zero attached hydrogens (tertiary/aromatic N) is 1. The molecule has 1 aliphatic rings. The first kappa shape index (κ1) is 10.6. The van der Waals surface area contributed by atoms with Gasteiger partial charge in [0.25, 0.3) is 0 Å². The fourth-order valence-electron chi connectivity index (χ4n) is 2.52. The molecule has 0 saturated heterocycles. The van der Waals surface area contributed by atoms with E-state index in [4.69, 9.17) is 0 Å². The van der Waals surface area contributed by atoms with E-state index in [1.165, 1.54) is 11.1 Å². The third-order valence-corrected chi connectivity index (χ3v) is 3.49. The second-order valence-corrected chi connectivity index (χ2v) is 4.81. The van der Waals surface area contributed by atoms with Gasteiger partial charge in [-0.05, 0) is 35.4 Å². The van der Waals surface area contributed by atoms with Gasteiger partial charge in [0.05, 0.1) is 11.0 Å². The molecular weight excluding hydrogens is 236 g/mol. The van der Waals surface area contributed by atoms with Crippen molar-refractivity contribution >= 4 is 22.7 Å². The van der Waals surface area contributed by atoms with Crippen LogP contribution in [-0.4, -0.2) is 9.97 Å². The lowest BCUT2D eigenvalue weighted by atomic mass is 10.1. The normalized spacial score (nSPS) is 13.7. The molecule has 2 heterocycles. The molecule has 4 nitrogen and oxygen atoms in total. The molecule has 0 aliphatic carbocycles. The van der Waals surface area contributed by atoms with E-state index in [1.807, 2.05) is 24.3 Å². The molecular formula is C15H14N4. The summed E-state index contributed by atoms with van der Waals surface area (Å²) in [4.78, 5) is 7.79. The first-order valence-electron chi connectivity index (χ1n) is 6.43. The Morgan fingerprint density at radius 3 is 2.84 bits per heavy atom. The number of benzene rings is 2. The van der Waals surface area contributed by atoms with Crippen molar-refractivity contribution < 1.29 is 0 Å². The van der Waals surface area contributed by atoms with E-state index in [-0.39, 0.29) is 0 Å². The molecule has 2 aromatic carbocycles. The fraction of sp³-hybridized carbons (Fsp3) is 0.133. The van der Waals surface area contributed by atoms with Gasteiger partial charge in [0.1, 0.15) is 0 Å². The number of nitrogens with one attached hydrogen (secondary N) is 3. The van der Waals surface area contributed by atoms with Crippen LogP contribution in [0.2, 0.25) is 0 Å². The van der Waals surface area contributed by atoms with E-state index in [9.17, 15) is 0 Å². The van der Waals surface area contributed by atoms with Gasteiger partial charge in [-0.3, -0.25) is 0 Å². The number of para-hydroxylation sites is 2. The van der Waals surface area contributed by atoms with Crippen LogP contribution in [0.15, 0.2) is 42.5 Å². The average molecular weight is 250 g/mol. The summed E-state index contributed by atoms with van der Waals surface area (Å²) in [7, 11) is 0. The lowest BCUT2D eigenvalue weighted by Crippen LogP contribution is -1.99. The molecule has 0 fully saturated rings. The van der Waals surface area contributed by atoms with E-state index in [0.717, 1.165) is 35.8 Å². The number of hydrogen-bond donors (Lipinski definition) is 3. The summed E-state index contributed by atoms with van der Waals surface area (Å²) in [6, 6.07) is 14.5. The number of hydrogen-bond acceptors (Lipinski definition) is 3. The van der Waals surface area contributed by atoms with Crippen LogP contribution in [0.5, 0.6) is 0 Å². The summed E-state index contributed by atoms with van der Waals surface area (Å²) in [6.07, 6.45) is 0. The average Bonchev–Trinajstić information content (AvgIpc) is 3.03. The molecule has 4 heteroatoms. The number of fused-ring (bicyclic) bond motifs is 2. The highest BCUT2D eigenvalue weighted by molar-refractivity contribution is 5.78. The van der Waals surface area contributed by atoms with Gasteiger partial charge >= 0.3 is 0 Å². The Balaban J connectivity index is 1.67. The molecule has 3 aromatic rings. The van der Waals surface area contributed by atoms with Gasteiger partial charge in [-0.15, -0.1) is 0 Å². The van der Waals surface area contributed by atoms with Crippen LogP contribution in [0, 0.1) is 0 Å². The van der Waals surface area contributed by atoms with Crippen LogP contribution in [0.25, 0.3) is 11.0 Å². The molecule has 4 rings (SSSR count). The van der Waals surface area contributed by atoms with Crippen molar-refractivity contribution in [2.24, 2.45) is 0 Å². The van der Waals surface area contributed by atoms with Gasteiger partial charge in [0.2, 0.25) is 5.95 Å². The van der Waals surface area contributed by atoms with Crippen LogP contribution in [0.3, 0.4) is 0 Å². The SMILES string of the molecule is c1ccc2[nH]c(Nc3ccc4c(c3)CNC4)nc2c1. The minimum atomic E-state index is 0.784. The Labute approximate surface area is 110 Å². The summed E-state index contributed by atoms with van der Waals surface area (Å²) in [5.41, 5.74) is 5.85. The number of aromatic amines is 1. The first-order chi connectivity index (χ1) is 9.38. The number of H-pyrrole nitrogens is 1. The molecule has 0 unspecified atom stereocenters. The van der Waals surface area contributed by atoms with Crippen LogP contribution in [-0.2, 0) is 13.1 Å². The first-order valence-corrected chi connectivity index (χ1v) is 6.43. The Kier molecular flexibility index (Phi) is 2.28. The van der Waals surface area contributed by atoms with Crippen molar-refractivity contribution in [3.8, 4) is 0 Å². The summed E-state index contributed by atoms with van der Waals surface area (Å²) in [5.74, 6) is 0.784. The molecule has 1 aromatic heterocycles. The maximum atomic E-state index is 4.52. The van der Waals surface area contributed by atoms with Crippen molar-refractivity contribution in [3.63, 3.8) is 0 Å². The van der Waals surface area contributed by atoms with Crippen LogP contribution in [0.1, 0.15) is 11.1 Å². The van der Waals surface area contributed by atoms with Crippen molar-refractivity contribution in [1.82, 2.24) is 15.3 Å². The van der Waals surface area contributed by atoms with Crippen molar-refractivity contribution in [3.05, 3.63) is 53.6 Å². The Morgan fingerprint density at radius 1 is 1.00 bits per heavy atom. The predicted octanol–water partition coefficient (Wildman–Crippen LogP) is 2.91. The second-order valence-electron chi connectivity index (χ2n) is 4.81. The number of aromatic nitrogens is 2. The van der Waals surface area contributed by atoms with Gasteiger partial charge in [0, 0.05) is 18.8 Å². The largest absolute Gasteiger partial charge is 0.326 e. The monoisotopic (exact) mass is 250 g/mol. The van der Waals surface area contributed by atoms with Gasteiger partial charge in [-0.1, -0.05) is 18.2 Å². The Hall–Kier alpha value is -2.33. The molecule has 1 aliphatic heterocycles. The van der Waals surface area contributed by atoms with Crippen molar-refractivity contribution in [2.45, 2.75) is 13.1 Å². The van der Waals surface area contributed by atoms with Gasteiger partial charge < -0.3 is 15.6 Å². The lowest BCUT2D eigenvalue weighted by molar-refractivity contribution is 0.765. The lowest BCUT2D eigenvalue weighted by Gasteiger charge is -2.05. The molecule has 19 heavy (non-hydrogen) atoms. The topological polar surface area (TPSA) is 52.7 Å². The zero-order valence-electron chi connectivity index (χ0n) is 10.4. The van der Waals surface area contributed by atoms with E-state index in [2.05, 4.69) is 38.8 Å².